The fourth-order valence-electron chi connectivity index (χ4n) is 1.01. The van der Waals surface area contributed by atoms with Crippen LogP contribution in [-0.4, -0.2) is 25.2 Å². The molecule has 0 fully saturated rings. The Bertz CT molecular complexity index is 293. The maximum absolute atomic E-state index is 10.4. The van der Waals surface area contributed by atoms with Crippen LogP contribution in [0.15, 0.2) is 24.5 Å². The minimum Gasteiger partial charge on any atom is -0.477 e. The average Bonchev–Trinajstić information content (AvgIpc) is 2.04. The Morgan fingerprint density at radius 2 is 2.00 bits per heavy atom. The average molecular weight is 181 g/mol. The highest BCUT2D eigenvalue weighted by Gasteiger charge is 2.06. The standard InChI is InChI=1S/C9H12N2O2/c1-10(2)8-3-5-11(6-4-8)7-9(12)13/h3-6H,7H2,1-2H3/p+1. The van der Waals surface area contributed by atoms with Gasteiger partial charge in [0.15, 0.2) is 12.4 Å². The van der Waals surface area contributed by atoms with Crippen LogP contribution in [-0.2, 0) is 11.3 Å². The van der Waals surface area contributed by atoms with Gasteiger partial charge in [0.05, 0.1) is 0 Å². The van der Waals surface area contributed by atoms with Crippen LogP contribution in [0.3, 0.4) is 0 Å². The molecule has 1 N–H and O–H groups in total. The summed E-state index contributed by atoms with van der Waals surface area (Å²) in [6.45, 7) is 0.00765. The lowest BCUT2D eigenvalue weighted by Gasteiger charge is -2.09. The molecule has 13 heavy (non-hydrogen) atoms. The van der Waals surface area contributed by atoms with Gasteiger partial charge < -0.3 is 10.0 Å². The third-order valence-corrected chi connectivity index (χ3v) is 1.71. The van der Waals surface area contributed by atoms with Crippen molar-refractivity contribution in [3.8, 4) is 0 Å². The summed E-state index contributed by atoms with van der Waals surface area (Å²) < 4.78 is 1.62. The quantitative estimate of drug-likeness (QED) is 0.674. The number of carboxylic acid groups (broad SMARTS) is 1. The van der Waals surface area contributed by atoms with E-state index in [0.717, 1.165) is 5.69 Å². The SMILES string of the molecule is CN(C)c1cc[n+](CC(=O)O)cc1. The van der Waals surface area contributed by atoms with Crippen molar-refractivity contribution in [1.29, 1.82) is 0 Å². The minimum atomic E-state index is -0.831. The Balaban J connectivity index is 2.75. The molecular formula is C9H13N2O2+. The van der Waals surface area contributed by atoms with E-state index in [9.17, 15) is 4.79 Å². The summed E-state index contributed by atoms with van der Waals surface area (Å²) in [6, 6.07) is 3.76. The zero-order chi connectivity index (χ0) is 9.84. The molecule has 0 aromatic carbocycles. The molecule has 0 aliphatic rings. The van der Waals surface area contributed by atoms with E-state index in [1.165, 1.54) is 0 Å². The van der Waals surface area contributed by atoms with Crippen LogP contribution in [0.25, 0.3) is 0 Å². The second-order valence-electron chi connectivity index (χ2n) is 3.02. The molecular weight excluding hydrogens is 168 g/mol. The van der Waals surface area contributed by atoms with E-state index in [4.69, 9.17) is 5.11 Å². The maximum atomic E-state index is 10.4. The Morgan fingerprint density at radius 3 is 2.38 bits per heavy atom. The van der Waals surface area contributed by atoms with E-state index in [2.05, 4.69) is 0 Å². The molecule has 0 bridgehead atoms. The van der Waals surface area contributed by atoms with Crippen molar-refractivity contribution in [1.82, 2.24) is 0 Å². The minimum absolute atomic E-state index is 0.00765. The van der Waals surface area contributed by atoms with Crippen molar-refractivity contribution in [3.63, 3.8) is 0 Å². The zero-order valence-electron chi connectivity index (χ0n) is 7.77. The van der Waals surface area contributed by atoms with Gasteiger partial charge in [0.1, 0.15) is 0 Å². The van der Waals surface area contributed by atoms with Crippen molar-refractivity contribution < 1.29 is 14.5 Å². The Hall–Kier alpha value is -1.58. The summed E-state index contributed by atoms with van der Waals surface area (Å²) in [6.07, 6.45) is 3.51. The highest BCUT2D eigenvalue weighted by molar-refractivity contribution is 5.64. The van der Waals surface area contributed by atoms with E-state index < -0.39 is 5.97 Å². The molecule has 4 nitrogen and oxygen atoms in total. The van der Waals surface area contributed by atoms with Gasteiger partial charge in [-0.15, -0.1) is 0 Å². The summed E-state index contributed by atoms with van der Waals surface area (Å²) in [5, 5.41) is 8.51. The third-order valence-electron chi connectivity index (χ3n) is 1.71. The molecule has 0 atom stereocenters. The first-order chi connectivity index (χ1) is 6.09. The molecule has 4 heteroatoms. The first-order valence-corrected chi connectivity index (χ1v) is 3.98. The smallest absolute Gasteiger partial charge is 0.370 e. The summed E-state index contributed by atoms with van der Waals surface area (Å²) in [7, 11) is 3.88. The van der Waals surface area contributed by atoms with Crippen molar-refractivity contribution in [3.05, 3.63) is 24.5 Å². The van der Waals surface area contributed by atoms with Gasteiger partial charge >= 0.3 is 5.97 Å². The van der Waals surface area contributed by atoms with Crippen LogP contribution in [0.1, 0.15) is 0 Å². The molecule has 1 rings (SSSR count). The number of nitrogens with zero attached hydrogens (tertiary/aromatic N) is 2. The van der Waals surface area contributed by atoms with Crippen molar-refractivity contribution >= 4 is 11.7 Å². The van der Waals surface area contributed by atoms with Crippen LogP contribution in [0.5, 0.6) is 0 Å². The lowest BCUT2D eigenvalue weighted by molar-refractivity contribution is -0.685. The fourth-order valence-corrected chi connectivity index (χ4v) is 1.01. The number of carboxylic acids is 1. The normalized spacial score (nSPS) is 9.69. The van der Waals surface area contributed by atoms with Crippen LogP contribution < -0.4 is 9.47 Å². The number of pyridine rings is 1. The fraction of sp³-hybridized carbons (Fsp3) is 0.333. The van der Waals surface area contributed by atoms with Crippen LogP contribution in [0.2, 0.25) is 0 Å². The number of hydrogen-bond donors (Lipinski definition) is 1. The van der Waals surface area contributed by atoms with Gasteiger partial charge in [-0.3, -0.25) is 0 Å². The first-order valence-electron chi connectivity index (χ1n) is 3.98. The molecule has 0 saturated carbocycles. The Kier molecular flexibility index (Phi) is 2.84. The van der Waals surface area contributed by atoms with E-state index in [-0.39, 0.29) is 6.54 Å². The maximum Gasteiger partial charge on any atom is 0.370 e. The number of hydrogen-bond acceptors (Lipinski definition) is 2. The molecule has 70 valence electrons. The van der Waals surface area contributed by atoms with Gasteiger partial charge in [-0.05, 0) is 0 Å². The topological polar surface area (TPSA) is 44.4 Å². The number of rotatable bonds is 3. The summed E-state index contributed by atoms with van der Waals surface area (Å²) >= 11 is 0. The second kappa shape index (κ2) is 3.89. The molecule has 0 radical (unpaired) electrons. The van der Waals surface area contributed by atoms with E-state index in [1.54, 1.807) is 17.0 Å². The van der Waals surface area contributed by atoms with Gasteiger partial charge in [-0.2, -0.15) is 4.57 Å². The highest BCUT2D eigenvalue weighted by atomic mass is 16.4. The number of aromatic nitrogens is 1. The molecule has 0 aliphatic carbocycles. The van der Waals surface area contributed by atoms with E-state index >= 15 is 0 Å². The largest absolute Gasteiger partial charge is 0.477 e. The molecule has 0 saturated heterocycles. The van der Waals surface area contributed by atoms with Gasteiger partial charge in [0, 0.05) is 31.9 Å². The second-order valence-corrected chi connectivity index (χ2v) is 3.02. The molecule has 1 heterocycles. The van der Waals surface area contributed by atoms with Gasteiger partial charge in [0.25, 0.3) is 0 Å². The predicted molar refractivity (Wildman–Crippen MR) is 48.6 cm³/mol. The third kappa shape index (κ3) is 2.74. The predicted octanol–water partition coefficient (Wildman–Crippen LogP) is 0.125. The van der Waals surface area contributed by atoms with Gasteiger partial charge in [-0.25, -0.2) is 4.79 Å². The Morgan fingerprint density at radius 1 is 1.46 bits per heavy atom. The molecule has 0 amide bonds. The Labute approximate surface area is 77.0 Å². The van der Waals surface area contributed by atoms with Gasteiger partial charge in [0.2, 0.25) is 6.54 Å². The lowest BCUT2D eigenvalue weighted by atomic mass is 10.4. The number of carbonyl (C=O) groups is 1. The number of aliphatic carboxylic acids is 1. The van der Waals surface area contributed by atoms with Crippen molar-refractivity contribution in [2.24, 2.45) is 0 Å². The van der Waals surface area contributed by atoms with Crippen LogP contribution in [0, 0.1) is 0 Å². The molecule has 0 spiro atoms. The summed E-state index contributed by atoms with van der Waals surface area (Å²) in [4.78, 5) is 12.3. The zero-order valence-corrected chi connectivity index (χ0v) is 7.77. The van der Waals surface area contributed by atoms with Crippen molar-refractivity contribution in [2.75, 3.05) is 19.0 Å². The van der Waals surface area contributed by atoms with Crippen molar-refractivity contribution in [2.45, 2.75) is 6.54 Å². The number of anilines is 1. The van der Waals surface area contributed by atoms with Crippen LogP contribution in [0.4, 0.5) is 5.69 Å². The monoisotopic (exact) mass is 181 g/mol. The van der Waals surface area contributed by atoms with Gasteiger partial charge in [-0.1, -0.05) is 0 Å². The summed E-state index contributed by atoms with van der Waals surface area (Å²) in [5.41, 5.74) is 1.06. The van der Waals surface area contributed by atoms with E-state index in [1.807, 2.05) is 31.1 Å². The molecule has 0 unspecified atom stereocenters. The van der Waals surface area contributed by atoms with Crippen LogP contribution >= 0.6 is 0 Å². The summed E-state index contributed by atoms with van der Waals surface area (Å²) in [5.74, 6) is -0.831. The molecule has 1 aromatic heterocycles. The lowest BCUT2D eigenvalue weighted by Crippen LogP contribution is -2.37. The van der Waals surface area contributed by atoms with E-state index in [0.29, 0.717) is 0 Å². The molecule has 0 aliphatic heterocycles. The molecule has 1 aromatic rings. The highest BCUT2D eigenvalue weighted by Crippen LogP contribution is 2.05. The first kappa shape index (κ1) is 9.51.